The monoisotopic (exact) mass is 662 g/mol. The van der Waals surface area contributed by atoms with Gasteiger partial charge in [0.05, 0.1) is 22.1 Å². The van der Waals surface area contributed by atoms with Gasteiger partial charge in [0.25, 0.3) is 0 Å². The zero-order chi connectivity index (χ0) is 34.2. The Kier molecular flexibility index (Phi) is 6.33. The molecule has 0 radical (unpaired) electrons. The molecule has 244 valence electrons. The first-order valence-electron chi connectivity index (χ1n) is 18.3. The molecule has 0 fully saturated rings. The molecule has 11 rings (SSSR count). The van der Waals surface area contributed by atoms with Crippen molar-refractivity contribution in [3.8, 4) is 50.2 Å². The number of imidazole rings is 1. The topological polar surface area (TPSA) is 17.8 Å². The number of nitrogens with zero attached hydrogens (tertiary/aromatic N) is 2. The molecule has 1 spiro atoms. The van der Waals surface area contributed by atoms with E-state index in [2.05, 4.69) is 187 Å². The Morgan fingerprint density at radius 2 is 1.12 bits per heavy atom. The summed E-state index contributed by atoms with van der Waals surface area (Å²) in [4.78, 5) is 5.38. The van der Waals surface area contributed by atoms with Gasteiger partial charge in [0.1, 0.15) is 5.82 Å². The van der Waals surface area contributed by atoms with E-state index in [0.29, 0.717) is 0 Å². The van der Waals surface area contributed by atoms with Crippen molar-refractivity contribution in [3.05, 3.63) is 210 Å². The number of rotatable bonds is 4. The first kappa shape index (κ1) is 29.2. The van der Waals surface area contributed by atoms with Crippen molar-refractivity contribution in [2.24, 2.45) is 0 Å². The SMILES string of the molecule is C1=CCCC(c2nc3cccc4c3n2-c2ccccc2C42c3ccccc3-c3c(-c4cc(-c5ccccc5)cc(-c5ccccc5)c4)cccc32)=C1. The van der Waals surface area contributed by atoms with Crippen LogP contribution in [0.25, 0.3) is 66.8 Å². The molecule has 0 N–H and O–H groups in total. The van der Waals surface area contributed by atoms with Crippen LogP contribution in [-0.4, -0.2) is 9.55 Å². The van der Waals surface area contributed by atoms with E-state index in [1.54, 1.807) is 0 Å². The Labute approximate surface area is 303 Å². The normalized spacial score (nSPS) is 16.4. The summed E-state index contributed by atoms with van der Waals surface area (Å²) < 4.78 is 2.45. The van der Waals surface area contributed by atoms with Crippen LogP contribution in [0.3, 0.4) is 0 Å². The maximum Gasteiger partial charge on any atom is 0.141 e. The van der Waals surface area contributed by atoms with Crippen molar-refractivity contribution >= 4 is 16.6 Å². The highest BCUT2D eigenvalue weighted by molar-refractivity contribution is 6.01. The second kappa shape index (κ2) is 11.2. The number of hydrogen-bond donors (Lipinski definition) is 0. The van der Waals surface area contributed by atoms with Gasteiger partial charge in [0.2, 0.25) is 0 Å². The van der Waals surface area contributed by atoms with Crippen LogP contribution in [-0.2, 0) is 5.41 Å². The average Bonchev–Trinajstić information content (AvgIpc) is 3.76. The highest BCUT2D eigenvalue weighted by Crippen LogP contribution is 2.62. The van der Waals surface area contributed by atoms with E-state index in [4.69, 9.17) is 4.98 Å². The molecule has 1 unspecified atom stereocenters. The highest BCUT2D eigenvalue weighted by Gasteiger charge is 2.51. The summed E-state index contributed by atoms with van der Waals surface area (Å²) in [6.07, 6.45) is 8.71. The smallest absolute Gasteiger partial charge is 0.141 e. The van der Waals surface area contributed by atoms with Crippen LogP contribution in [0.5, 0.6) is 0 Å². The molecule has 0 bridgehead atoms. The molecule has 1 atom stereocenters. The van der Waals surface area contributed by atoms with Crippen molar-refractivity contribution in [1.29, 1.82) is 0 Å². The summed E-state index contributed by atoms with van der Waals surface area (Å²) in [5.74, 6) is 1.06. The molecule has 52 heavy (non-hydrogen) atoms. The lowest BCUT2D eigenvalue weighted by molar-refractivity contribution is 0.742. The fourth-order valence-electron chi connectivity index (χ4n) is 9.33. The van der Waals surface area contributed by atoms with Gasteiger partial charge in [-0.1, -0.05) is 152 Å². The largest absolute Gasteiger partial charge is 0.292 e. The zero-order valence-electron chi connectivity index (χ0n) is 28.6. The molecular formula is C50H34N2. The maximum atomic E-state index is 5.38. The van der Waals surface area contributed by atoms with Gasteiger partial charge in [-0.2, -0.15) is 0 Å². The minimum absolute atomic E-state index is 0.508. The summed E-state index contributed by atoms with van der Waals surface area (Å²) in [5.41, 5.74) is 19.4. The van der Waals surface area contributed by atoms with E-state index in [1.165, 1.54) is 83.5 Å². The van der Waals surface area contributed by atoms with Crippen LogP contribution >= 0.6 is 0 Å². The van der Waals surface area contributed by atoms with E-state index in [0.717, 1.165) is 24.2 Å². The summed E-state index contributed by atoms with van der Waals surface area (Å²) in [5, 5.41) is 0. The molecule has 2 nitrogen and oxygen atoms in total. The third-order valence-corrected chi connectivity index (χ3v) is 11.5. The fraction of sp³-hybridized carbons (Fsp3) is 0.0600. The van der Waals surface area contributed by atoms with E-state index >= 15 is 0 Å². The van der Waals surface area contributed by atoms with Gasteiger partial charge in [-0.05, 0) is 116 Å². The summed E-state index contributed by atoms with van der Waals surface area (Å²) in [7, 11) is 0. The first-order valence-corrected chi connectivity index (χ1v) is 18.3. The van der Waals surface area contributed by atoms with Crippen molar-refractivity contribution in [1.82, 2.24) is 9.55 Å². The number of allylic oxidation sites excluding steroid dienone is 4. The molecule has 8 aromatic rings. The van der Waals surface area contributed by atoms with E-state index in [1.807, 2.05) is 0 Å². The average molecular weight is 663 g/mol. The van der Waals surface area contributed by atoms with Crippen LogP contribution in [0.1, 0.15) is 40.9 Å². The van der Waals surface area contributed by atoms with Crippen LogP contribution in [0.15, 0.2) is 182 Å². The third-order valence-electron chi connectivity index (χ3n) is 11.5. The zero-order valence-corrected chi connectivity index (χ0v) is 28.6. The van der Waals surface area contributed by atoms with E-state index in [9.17, 15) is 0 Å². The van der Waals surface area contributed by atoms with Crippen molar-refractivity contribution in [2.45, 2.75) is 18.3 Å². The van der Waals surface area contributed by atoms with E-state index < -0.39 is 5.41 Å². The Bertz CT molecular complexity index is 2720. The van der Waals surface area contributed by atoms with Gasteiger partial charge in [0.15, 0.2) is 0 Å². The van der Waals surface area contributed by atoms with Gasteiger partial charge in [-0.25, -0.2) is 4.98 Å². The molecule has 2 heterocycles. The Balaban J connectivity index is 1.23. The predicted molar refractivity (Wildman–Crippen MR) is 215 cm³/mol. The van der Waals surface area contributed by atoms with Crippen LogP contribution in [0.2, 0.25) is 0 Å². The van der Waals surface area contributed by atoms with Gasteiger partial charge in [-0.15, -0.1) is 0 Å². The molecular weight excluding hydrogens is 629 g/mol. The molecule has 0 amide bonds. The van der Waals surface area contributed by atoms with Gasteiger partial charge < -0.3 is 0 Å². The van der Waals surface area contributed by atoms with Crippen molar-refractivity contribution in [3.63, 3.8) is 0 Å². The fourth-order valence-corrected chi connectivity index (χ4v) is 9.33. The number of fused-ring (bicyclic) bond motifs is 9. The minimum Gasteiger partial charge on any atom is -0.292 e. The lowest BCUT2D eigenvalue weighted by atomic mass is 9.65. The molecule has 2 heteroatoms. The summed E-state index contributed by atoms with van der Waals surface area (Å²) >= 11 is 0. The maximum absolute atomic E-state index is 5.38. The summed E-state index contributed by atoms with van der Waals surface area (Å²) in [6, 6.07) is 60.6. The molecule has 3 aliphatic rings. The molecule has 2 aliphatic carbocycles. The third kappa shape index (κ3) is 4.04. The predicted octanol–water partition coefficient (Wildman–Crippen LogP) is 12.4. The number of aromatic nitrogens is 2. The van der Waals surface area contributed by atoms with Gasteiger partial charge >= 0.3 is 0 Å². The molecule has 0 saturated carbocycles. The Hall–Kier alpha value is -6.51. The summed E-state index contributed by atoms with van der Waals surface area (Å²) in [6.45, 7) is 0. The Morgan fingerprint density at radius 3 is 1.87 bits per heavy atom. The highest BCUT2D eigenvalue weighted by atomic mass is 15.1. The first-order chi connectivity index (χ1) is 25.8. The number of hydrogen-bond acceptors (Lipinski definition) is 1. The minimum atomic E-state index is -0.508. The second-order valence-corrected chi connectivity index (χ2v) is 14.2. The van der Waals surface area contributed by atoms with Crippen LogP contribution in [0.4, 0.5) is 0 Å². The number of para-hydroxylation sites is 2. The van der Waals surface area contributed by atoms with Gasteiger partial charge in [-0.3, -0.25) is 4.57 Å². The molecule has 7 aromatic carbocycles. The van der Waals surface area contributed by atoms with Crippen LogP contribution < -0.4 is 0 Å². The van der Waals surface area contributed by atoms with Crippen molar-refractivity contribution < 1.29 is 0 Å². The molecule has 1 aliphatic heterocycles. The van der Waals surface area contributed by atoms with E-state index in [-0.39, 0.29) is 0 Å². The molecule has 1 aromatic heterocycles. The second-order valence-electron chi connectivity index (χ2n) is 14.2. The molecule has 0 saturated heterocycles. The number of benzene rings is 7. The lowest BCUT2D eigenvalue weighted by Crippen LogP contribution is -2.33. The van der Waals surface area contributed by atoms with Crippen molar-refractivity contribution in [2.75, 3.05) is 0 Å². The van der Waals surface area contributed by atoms with Gasteiger partial charge in [0, 0.05) is 0 Å². The standard InChI is InChI=1S/C50H34N2/c1-4-16-33(17-5-1)36-30-37(34-18-6-2-7-19-34)32-38(31-36)39-23-14-26-43-47(39)40-22-10-11-24-41(40)50(43)42-25-12-13-29-46(42)52-48-44(50)27-15-28-45(48)51-49(52)35-20-8-3-9-21-35/h1-8,10-20,22-32H,9,21H2. The van der Waals surface area contributed by atoms with Crippen LogP contribution in [0, 0.1) is 0 Å². The Morgan fingerprint density at radius 1 is 0.500 bits per heavy atom. The quantitative estimate of drug-likeness (QED) is 0.183. The lowest BCUT2D eigenvalue weighted by Gasteiger charge is -2.39.